The SMILES string of the molecule is CCCN1CCC(NC(=O)OC(C)(C)C)C1. The zero-order valence-electron chi connectivity index (χ0n) is 10.9. The van der Waals surface area contributed by atoms with Crippen LogP contribution in [0.5, 0.6) is 0 Å². The maximum Gasteiger partial charge on any atom is 0.407 e. The predicted octanol–water partition coefficient (Wildman–Crippen LogP) is 2.00. The Kier molecular flexibility index (Phi) is 4.59. The van der Waals surface area contributed by atoms with E-state index in [4.69, 9.17) is 4.74 Å². The maximum atomic E-state index is 11.5. The molecule has 1 N–H and O–H groups in total. The van der Waals surface area contributed by atoms with Crippen LogP contribution in [0.15, 0.2) is 0 Å². The van der Waals surface area contributed by atoms with Crippen LogP contribution in [0.1, 0.15) is 40.5 Å². The molecule has 0 aliphatic carbocycles. The van der Waals surface area contributed by atoms with Crippen LogP contribution in [0.4, 0.5) is 4.79 Å². The molecule has 1 aliphatic heterocycles. The number of ether oxygens (including phenoxy) is 1. The second kappa shape index (κ2) is 5.53. The van der Waals surface area contributed by atoms with Crippen molar-refractivity contribution in [2.45, 2.75) is 52.2 Å². The van der Waals surface area contributed by atoms with Crippen LogP contribution >= 0.6 is 0 Å². The van der Waals surface area contributed by atoms with E-state index >= 15 is 0 Å². The summed E-state index contributed by atoms with van der Waals surface area (Å²) in [5.74, 6) is 0. The second-order valence-corrected chi connectivity index (χ2v) is 5.43. The van der Waals surface area contributed by atoms with Gasteiger partial charge >= 0.3 is 6.09 Å². The normalized spacial score (nSPS) is 22.1. The van der Waals surface area contributed by atoms with Crippen molar-refractivity contribution in [1.82, 2.24) is 10.2 Å². The van der Waals surface area contributed by atoms with Gasteiger partial charge in [0, 0.05) is 19.1 Å². The first-order valence-electron chi connectivity index (χ1n) is 6.12. The smallest absolute Gasteiger partial charge is 0.407 e. The summed E-state index contributed by atoms with van der Waals surface area (Å²) >= 11 is 0. The fourth-order valence-electron chi connectivity index (χ4n) is 1.94. The number of hydrogen-bond acceptors (Lipinski definition) is 3. The van der Waals surface area contributed by atoms with Gasteiger partial charge < -0.3 is 15.0 Å². The number of hydrogen-bond donors (Lipinski definition) is 1. The highest BCUT2D eigenvalue weighted by Gasteiger charge is 2.25. The van der Waals surface area contributed by atoms with Gasteiger partial charge in [0.1, 0.15) is 5.60 Å². The summed E-state index contributed by atoms with van der Waals surface area (Å²) < 4.78 is 5.23. The van der Waals surface area contributed by atoms with Crippen LogP contribution in [-0.4, -0.2) is 42.3 Å². The minimum absolute atomic E-state index is 0.251. The zero-order chi connectivity index (χ0) is 12.2. The van der Waals surface area contributed by atoms with Crippen LogP contribution in [-0.2, 0) is 4.74 Å². The molecule has 1 unspecified atom stereocenters. The summed E-state index contributed by atoms with van der Waals surface area (Å²) in [6.45, 7) is 11.0. The van der Waals surface area contributed by atoms with Crippen LogP contribution in [0, 0.1) is 0 Å². The van der Waals surface area contributed by atoms with Crippen molar-refractivity contribution in [3.05, 3.63) is 0 Å². The number of nitrogens with zero attached hydrogens (tertiary/aromatic N) is 1. The lowest BCUT2D eigenvalue weighted by Gasteiger charge is -2.22. The van der Waals surface area contributed by atoms with Crippen LogP contribution in [0.3, 0.4) is 0 Å². The Morgan fingerprint density at radius 1 is 1.50 bits per heavy atom. The first-order chi connectivity index (χ1) is 7.40. The third-order valence-electron chi connectivity index (χ3n) is 2.53. The van der Waals surface area contributed by atoms with Crippen molar-refractivity contribution < 1.29 is 9.53 Å². The maximum absolute atomic E-state index is 11.5. The third-order valence-corrected chi connectivity index (χ3v) is 2.53. The fourth-order valence-corrected chi connectivity index (χ4v) is 1.94. The summed E-state index contributed by atoms with van der Waals surface area (Å²) in [5, 5.41) is 2.92. The quantitative estimate of drug-likeness (QED) is 0.803. The zero-order valence-corrected chi connectivity index (χ0v) is 10.9. The number of likely N-dealkylation sites (tertiary alicyclic amines) is 1. The first kappa shape index (κ1) is 13.3. The summed E-state index contributed by atoms with van der Waals surface area (Å²) in [5.41, 5.74) is -0.411. The molecule has 0 aromatic rings. The van der Waals surface area contributed by atoms with E-state index in [1.165, 1.54) is 6.42 Å². The number of nitrogens with one attached hydrogen (secondary N) is 1. The van der Waals surface area contributed by atoms with Crippen molar-refractivity contribution in [2.24, 2.45) is 0 Å². The summed E-state index contributed by atoms with van der Waals surface area (Å²) in [6.07, 6.45) is 1.90. The van der Waals surface area contributed by atoms with Gasteiger partial charge in [-0.3, -0.25) is 0 Å². The Balaban J connectivity index is 2.26. The Bertz CT molecular complexity index is 236. The fraction of sp³-hybridized carbons (Fsp3) is 0.917. The van der Waals surface area contributed by atoms with E-state index in [9.17, 15) is 4.79 Å². The molecule has 0 bridgehead atoms. The van der Waals surface area contributed by atoms with Gasteiger partial charge in [0.15, 0.2) is 0 Å². The summed E-state index contributed by atoms with van der Waals surface area (Å²) in [4.78, 5) is 13.9. The van der Waals surface area contributed by atoms with Gasteiger partial charge in [0.05, 0.1) is 0 Å². The number of alkyl carbamates (subject to hydrolysis) is 1. The van der Waals surface area contributed by atoms with E-state index in [-0.39, 0.29) is 12.1 Å². The molecule has 1 aliphatic rings. The standard InChI is InChI=1S/C12H24N2O2/c1-5-7-14-8-6-10(9-14)13-11(15)16-12(2,3)4/h10H,5-9H2,1-4H3,(H,13,15). The number of rotatable bonds is 3. The molecule has 0 radical (unpaired) electrons. The van der Waals surface area contributed by atoms with E-state index in [1.54, 1.807) is 0 Å². The van der Waals surface area contributed by atoms with Gasteiger partial charge in [-0.1, -0.05) is 6.92 Å². The van der Waals surface area contributed by atoms with E-state index in [0.29, 0.717) is 0 Å². The average Bonchev–Trinajstić information content (AvgIpc) is 2.49. The Morgan fingerprint density at radius 3 is 2.75 bits per heavy atom. The van der Waals surface area contributed by atoms with Gasteiger partial charge in [-0.15, -0.1) is 0 Å². The molecule has 4 heteroatoms. The number of carbonyl (C=O) groups is 1. The highest BCUT2D eigenvalue weighted by atomic mass is 16.6. The molecule has 0 aromatic heterocycles. The molecule has 1 fully saturated rings. The van der Waals surface area contributed by atoms with Crippen LogP contribution < -0.4 is 5.32 Å². The van der Waals surface area contributed by atoms with Gasteiger partial charge in [0.25, 0.3) is 0 Å². The van der Waals surface area contributed by atoms with Crippen molar-refractivity contribution in [3.8, 4) is 0 Å². The van der Waals surface area contributed by atoms with Gasteiger partial charge in [-0.25, -0.2) is 4.79 Å². The minimum Gasteiger partial charge on any atom is -0.444 e. The predicted molar refractivity (Wildman–Crippen MR) is 64.5 cm³/mol. The van der Waals surface area contributed by atoms with E-state index in [0.717, 1.165) is 26.1 Å². The first-order valence-corrected chi connectivity index (χ1v) is 6.12. The largest absolute Gasteiger partial charge is 0.444 e. The van der Waals surface area contributed by atoms with Crippen molar-refractivity contribution in [2.75, 3.05) is 19.6 Å². The molecular formula is C12H24N2O2. The molecule has 0 aromatic carbocycles. The molecule has 0 spiro atoms. The van der Waals surface area contributed by atoms with Crippen molar-refractivity contribution >= 4 is 6.09 Å². The molecule has 1 rings (SSSR count). The Labute approximate surface area is 98.3 Å². The lowest BCUT2D eigenvalue weighted by Crippen LogP contribution is -2.40. The molecule has 1 amide bonds. The monoisotopic (exact) mass is 228 g/mol. The lowest BCUT2D eigenvalue weighted by atomic mass is 10.2. The topological polar surface area (TPSA) is 41.6 Å². The highest BCUT2D eigenvalue weighted by Crippen LogP contribution is 2.11. The van der Waals surface area contributed by atoms with Crippen LogP contribution in [0.2, 0.25) is 0 Å². The Morgan fingerprint density at radius 2 is 2.19 bits per heavy atom. The molecule has 16 heavy (non-hydrogen) atoms. The van der Waals surface area contributed by atoms with Gasteiger partial charge in [-0.2, -0.15) is 0 Å². The van der Waals surface area contributed by atoms with Crippen molar-refractivity contribution in [1.29, 1.82) is 0 Å². The number of carbonyl (C=O) groups excluding carboxylic acids is 1. The van der Waals surface area contributed by atoms with Crippen molar-refractivity contribution in [3.63, 3.8) is 0 Å². The summed E-state index contributed by atoms with van der Waals surface area (Å²) in [6, 6.07) is 0.251. The minimum atomic E-state index is -0.411. The third kappa shape index (κ3) is 4.84. The molecule has 1 heterocycles. The Hall–Kier alpha value is -0.770. The molecule has 0 saturated carbocycles. The molecule has 94 valence electrons. The second-order valence-electron chi connectivity index (χ2n) is 5.43. The molecular weight excluding hydrogens is 204 g/mol. The van der Waals surface area contributed by atoms with Crippen LogP contribution in [0.25, 0.3) is 0 Å². The number of amides is 1. The molecule has 1 atom stereocenters. The summed E-state index contributed by atoms with van der Waals surface area (Å²) in [7, 11) is 0. The van der Waals surface area contributed by atoms with Gasteiger partial charge in [-0.05, 0) is 40.2 Å². The lowest BCUT2D eigenvalue weighted by molar-refractivity contribution is 0.0506. The highest BCUT2D eigenvalue weighted by molar-refractivity contribution is 5.68. The van der Waals surface area contributed by atoms with E-state index in [2.05, 4.69) is 17.1 Å². The van der Waals surface area contributed by atoms with E-state index in [1.807, 2.05) is 20.8 Å². The average molecular weight is 228 g/mol. The van der Waals surface area contributed by atoms with E-state index < -0.39 is 5.60 Å². The van der Waals surface area contributed by atoms with Gasteiger partial charge in [0.2, 0.25) is 0 Å². The molecule has 1 saturated heterocycles. The molecule has 4 nitrogen and oxygen atoms in total.